The van der Waals surface area contributed by atoms with E-state index in [1.807, 2.05) is 34.6 Å². The van der Waals surface area contributed by atoms with Gasteiger partial charge in [0, 0.05) is 0 Å². The molecule has 0 radical (unpaired) electrons. The fourth-order valence-electron chi connectivity index (χ4n) is 3.41. The lowest BCUT2D eigenvalue weighted by Gasteiger charge is -2.42. The van der Waals surface area contributed by atoms with Gasteiger partial charge in [-0.3, -0.25) is 9.11 Å². The van der Waals surface area contributed by atoms with Crippen LogP contribution in [0.2, 0.25) is 0 Å². The molecule has 0 saturated carbocycles. The van der Waals surface area contributed by atoms with Crippen molar-refractivity contribution in [3.8, 4) is 0 Å². The van der Waals surface area contributed by atoms with Crippen LogP contribution in [0.5, 0.6) is 0 Å². The van der Waals surface area contributed by atoms with Crippen LogP contribution in [-0.4, -0.2) is 31.2 Å². The van der Waals surface area contributed by atoms with Gasteiger partial charge in [-0.1, -0.05) is 65.3 Å². The van der Waals surface area contributed by atoms with Crippen LogP contribution >= 0.6 is 0 Å². The monoisotopic (exact) mass is 420 g/mol. The average Bonchev–Trinajstić information content (AvgIpc) is 2.42. The van der Waals surface area contributed by atoms with Crippen molar-refractivity contribution in [3.05, 3.63) is 34.8 Å². The molecule has 0 aromatic carbocycles. The van der Waals surface area contributed by atoms with Crippen LogP contribution in [0.4, 0.5) is 0 Å². The van der Waals surface area contributed by atoms with E-state index < -0.39 is 42.7 Å². The Balaban J connectivity index is 3.46. The maximum Gasteiger partial charge on any atom is 0.294 e. The van der Waals surface area contributed by atoms with Gasteiger partial charge < -0.3 is 0 Å². The Bertz CT molecular complexity index is 868. The molecule has 2 unspecified atom stereocenters. The second-order valence-electron chi connectivity index (χ2n) is 9.09. The summed E-state index contributed by atoms with van der Waals surface area (Å²) in [5.41, 5.74) is 0.491. The van der Waals surface area contributed by atoms with Crippen LogP contribution in [-0.2, 0) is 20.2 Å². The van der Waals surface area contributed by atoms with Gasteiger partial charge in [-0.25, -0.2) is 0 Å². The van der Waals surface area contributed by atoms with Crippen LogP contribution in [0, 0.1) is 22.7 Å². The highest BCUT2D eigenvalue weighted by Gasteiger charge is 2.44. The van der Waals surface area contributed by atoms with Crippen molar-refractivity contribution in [3.63, 3.8) is 0 Å². The first-order valence-corrected chi connectivity index (χ1v) is 11.8. The van der Waals surface area contributed by atoms with Crippen molar-refractivity contribution < 1.29 is 25.9 Å². The lowest BCUT2D eigenvalue weighted by atomic mass is 9.65. The van der Waals surface area contributed by atoms with Crippen LogP contribution < -0.4 is 0 Å². The second kappa shape index (κ2) is 7.46. The average molecular weight is 421 g/mol. The Kier molecular flexibility index (Phi) is 6.65. The molecule has 0 amide bonds. The van der Waals surface area contributed by atoms with Gasteiger partial charge in [0.2, 0.25) is 0 Å². The lowest BCUT2D eigenvalue weighted by molar-refractivity contribution is 0.220. The van der Waals surface area contributed by atoms with Gasteiger partial charge in [0.15, 0.2) is 0 Å². The van der Waals surface area contributed by atoms with E-state index in [-0.39, 0.29) is 16.7 Å². The smallest absolute Gasteiger partial charge is 0.285 e. The van der Waals surface area contributed by atoms with Crippen molar-refractivity contribution in [2.24, 2.45) is 22.7 Å². The van der Waals surface area contributed by atoms with Crippen molar-refractivity contribution in [1.29, 1.82) is 0 Å². The Labute approximate surface area is 163 Å². The fourth-order valence-corrected chi connectivity index (χ4v) is 5.18. The first-order valence-electron chi connectivity index (χ1n) is 8.82. The Hall–Kier alpha value is -0.960. The van der Waals surface area contributed by atoms with Crippen LogP contribution in [0.15, 0.2) is 34.8 Å². The summed E-state index contributed by atoms with van der Waals surface area (Å²) < 4.78 is 67.0. The Morgan fingerprint density at radius 2 is 1.70 bits per heavy atom. The van der Waals surface area contributed by atoms with E-state index in [1.54, 1.807) is 13.8 Å². The van der Waals surface area contributed by atoms with Gasteiger partial charge in [-0.15, -0.1) is 0 Å². The molecule has 1 aliphatic rings. The van der Waals surface area contributed by atoms with E-state index in [4.69, 9.17) is 0 Å². The van der Waals surface area contributed by atoms with Crippen LogP contribution in [0.25, 0.3) is 0 Å². The molecule has 0 heterocycles. The third-order valence-corrected chi connectivity index (χ3v) is 8.10. The summed E-state index contributed by atoms with van der Waals surface area (Å²) in [5.74, 6) is -1.14. The quantitative estimate of drug-likeness (QED) is 0.491. The molecule has 1 rings (SSSR count). The zero-order chi connectivity index (χ0) is 21.6. The first kappa shape index (κ1) is 24.1. The molecule has 0 saturated heterocycles. The third-order valence-electron chi connectivity index (χ3n) is 5.89. The maximum absolute atomic E-state index is 12.2. The zero-order valence-electron chi connectivity index (χ0n) is 17.1. The van der Waals surface area contributed by atoms with Gasteiger partial charge in [0.25, 0.3) is 20.2 Å². The topological polar surface area (TPSA) is 109 Å². The number of allylic oxidation sites excluding steroid dienone is 4. The highest BCUT2D eigenvalue weighted by atomic mass is 32.2. The normalized spacial score (nSPS) is 23.2. The third kappa shape index (κ3) is 5.53. The van der Waals surface area contributed by atoms with Crippen molar-refractivity contribution in [2.75, 3.05) is 0 Å². The van der Waals surface area contributed by atoms with E-state index >= 15 is 0 Å². The first-order chi connectivity index (χ1) is 11.8. The molecular formula is C19H32O6S2. The predicted molar refractivity (Wildman–Crippen MR) is 108 cm³/mol. The van der Waals surface area contributed by atoms with Crippen molar-refractivity contribution >= 4 is 20.2 Å². The standard InChI is InChI=1S/C19H32O6S2/c1-12(18(4,5)6)10-17(27(23,24)25)14(3)16-11-15(26(20,21)22)9-13(2)19(16,7)8/h9,11,14,16-17H,1,10H2,2-8H3,(H,20,21,22)(H,23,24,25)/t14?,16?,17-/m0/s1. The largest absolute Gasteiger partial charge is 0.294 e. The molecule has 3 atom stereocenters. The van der Waals surface area contributed by atoms with Crippen LogP contribution in [0.1, 0.15) is 54.9 Å². The van der Waals surface area contributed by atoms with Gasteiger partial charge in [-0.2, -0.15) is 16.8 Å². The minimum Gasteiger partial charge on any atom is -0.285 e. The maximum atomic E-state index is 12.2. The highest BCUT2D eigenvalue weighted by molar-refractivity contribution is 7.90. The van der Waals surface area contributed by atoms with E-state index in [9.17, 15) is 25.9 Å². The van der Waals surface area contributed by atoms with E-state index in [0.717, 1.165) is 0 Å². The van der Waals surface area contributed by atoms with Crippen molar-refractivity contribution in [1.82, 2.24) is 0 Å². The SMILES string of the molecule is C=C(C[C@@H](C(C)C1C=C(S(=O)(=O)O)C=C(C)C1(C)C)S(=O)(=O)O)C(C)(C)C. The molecule has 6 nitrogen and oxygen atoms in total. The zero-order valence-corrected chi connectivity index (χ0v) is 18.8. The number of hydrogen-bond acceptors (Lipinski definition) is 4. The highest BCUT2D eigenvalue weighted by Crippen LogP contribution is 2.47. The summed E-state index contributed by atoms with van der Waals surface area (Å²) in [4.78, 5) is -0.250. The summed E-state index contributed by atoms with van der Waals surface area (Å²) in [6, 6.07) is 0. The Morgan fingerprint density at radius 3 is 2.07 bits per heavy atom. The van der Waals surface area contributed by atoms with Crippen molar-refractivity contribution in [2.45, 2.75) is 60.1 Å². The van der Waals surface area contributed by atoms with Gasteiger partial charge in [0.1, 0.15) is 0 Å². The second-order valence-corrected chi connectivity index (χ2v) is 12.1. The lowest BCUT2D eigenvalue weighted by Crippen LogP contribution is -2.41. The minimum atomic E-state index is -4.43. The molecule has 27 heavy (non-hydrogen) atoms. The molecular weight excluding hydrogens is 388 g/mol. The molecule has 8 heteroatoms. The van der Waals surface area contributed by atoms with E-state index in [2.05, 4.69) is 6.58 Å². The molecule has 2 N–H and O–H groups in total. The molecule has 0 bridgehead atoms. The summed E-state index contributed by atoms with van der Waals surface area (Å²) in [6.07, 6.45) is 2.86. The van der Waals surface area contributed by atoms with Gasteiger partial charge in [0.05, 0.1) is 10.2 Å². The molecule has 156 valence electrons. The summed E-state index contributed by atoms with van der Waals surface area (Å²) in [6.45, 7) is 16.9. The summed E-state index contributed by atoms with van der Waals surface area (Å²) in [5, 5.41) is -1.14. The summed E-state index contributed by atoms with van der Waals surface area (Å²) in [7, 11) is -8.84. The van der Waals surface area contributed by atoms with Gasteiger partial charge in [-0.05, 0) is 42.1 Å². The fraction of sp³-hybridized carbons (Fsp3) is 0.684. The summed E-state index contributed by atoms with van der Waals surface area (Å²) >= 11 is 0. The molecule has 0 aromatic rings. The number of rotatable bonds is 6. The number of hydrogen-bond donors (Lipinski definition) is 2. The van der Waals surface area contributed by atoms with Gasteiger partial charge >= 0.3 is 0 Å². The molecule has 0 aromatic heterocycles. The minimum absolute atomic E-state index is 0.0634. The van der Waals surface area contributed by atoms with E-state index in [1.165, 1.54) is 12.2 Å². The molecule has 0 fully saturated rings. The van der Waals surface area contributed by atoms with Crippen LogP contribution in [0.3, 0.4) is 0 Å². The Morgan fingerprint density at radius 1 is 1.22 bits per heavy atom. The molecule has 1 aliphatic carbocycles. The van der Waals surface area contributed by atoms with E-state index in [0.29, 0.717) is 11.1 Å². The predicted octanol–water partition coefficient (Wildman–Crippen LogP) is 4.25. The molecule has 0 spiro atoms. The molecule has 0 aliphatic heterocycles.